The Balaban J connectivity index is 2.72. The van der Waals surface area contributed by atoms with Crippen molar-refractivity contribution in [2.75, 3.05) is 26.3 Å². The smallest absolute Gasteiger partial charge is 0.192 e. The summed E-state index contributed by atoms with van der Waals surface area (Å²) in [6, 6.07) is 3.90. The van der Waals surface area contributed by atoms with Crippen molar-refractivity contribution in [3.63, 3.8) is 0 Å². The number of hydrogen-bond donors (Lipinski definition) is 0. The molecule has 0 saturated heterocycles. The lowest BCUT2D eigenvalue weighted by Crippen LogP contribution is -2.44. The Morgan fingerprint density at radius 3 is 1.66 bits per heavy atom. The minimum Gasteiger partial charge on any atom is -0.416 e. The molecule has 0 aliphatic heterocycles. The highest BCUT2D eigenvalue weighted by Gasteiger charge is 2.38. The first-order valence-electron chi connectivity index (χ1n) is 10.7. The Kier molecular flexibility index (Phi) is 9.59. The van der Waals surface area contributed by atoms with Gasteiger partial charge in [0.25, 0.3) is 0 Å². The molecule has 0 amide bonds. The molecule has 0 N–H and O–H groups in total. The summed E-state index contributed by atoms with van der Waals surface area (Å²) in [5.41, 5.74) is 1.16. The maximum Gasteiger partial charge on any atom is 0.192 e. The minimum absolute atomic E-state index is 0.226. The first kappa shape index (κ1) is 26.8. The van der Waals surface area contributed by atoms with Crippen LogP contribution in [-0.4, -0.2) is 52.8 Å². The SMILES string of the molecule is CC(C)(C)[Si](C)(C)OCCN(CCO[Si](C)(C)C(C)(C)C)Cc1ccc(Cl)nc1. The van der Waals surface area contributed by atoms with Crippen LogP contribution in [-0.2, 0) is 15.4 Å². The van der Waals surface area contributed by atoms with E-state index in [-0.39, 0.29) is 10.1 Å². The van der Waals surface area contributed by atoms with Crippen molar-refractivity contribution in [3.05, 3.63) is 29.0 Å². The number of halogens is 1. The van der Waals surface area contributed by atoms with Gasteiger partial charge in [0.05, 0.1) is 0 Å². The van der Waals surface area contributed by atoms with Gasteiger partial charge in [-0.25, -0.2) is 4.98 Å². The molecule has 0 radical (unpaired) electrons. The molecular weight excluding hydrogens is 416 g/mol. The van der Waals surface area contributed by atoms with Crippen LogP contribution in [0.15, 0.2) is 18.3 Å². The summed E-state index contributed by atoms with van der Waals surface area (Å²) in [5.74, 6) is 0. The van der Waals surface area contributed by atoms with Crippen molar-refractivity contribution in [2.24, 2.45) is 0 Å². The van der Waals surface area contributed by atoms with E-state index in [1.807, 2.05) is 18.3 Å². The van der Waals surface area contributed by atoms with Crippen LogP contribution in [0.5, 0.6) is 0 Å². The molecule has 0 bridgehead atoms. The van der Waals surface area contributed by atoms with E-state index in [1.54, 1.807) is 0 Å². The van der Waals surface area contributed by atoms with Crippen LogP contribution in [0.2, 0.25) is 41.4 Å². The maximum atomic E-state index is 6.41. The Bertz CT molecular complexity index is 591. The van der Waals surface area contributed by atoms with Gasteiger partial charge in [0.15, 0.2) is 16.6 Å². The molecule has 0 aliphatic rings. The summed E-state index contributed by atoms with van der Waals surface area (Å²) in [6.07, 6.45) is 1.86. The predicted molar refractivity (Wildman–Crippen MR) is 131 cm³/mol. The van der Waals surface area contributed by atoms with Crippen LogP contribution in [0.25, 0.3) is 0 Å². The lowest BCUT2D eigenvalue weighted by Gasteiger charge is -2.38. The van der Waals surface area contributed by atoms with Gasteiger partial charge in [-0.1, -0.05) is 59.2 Å². The fraction of sp³-hybridized carbons (Fsp3) is 0.773. The van der Waals surface area contributed by atoms with E-state index in [1.165, 1.54) is 0 Å². The maximum absolute atomic E-state index is 6.41. The zero-order valence-electron chi connectivity index (χ0n) is 20.4. The summed E-state index contributed by atoms with van der Waals surface area (Å²) in [7, 11) is -3.48. The van der Waals surface area contributed by atoms with Crippen LogP contribution in [0, 0.1) is 0 Å². The van der Waals surface area contributed by atoms with Crippen molar-refractivity contribution < 1.29 is 8.85 Å². The average Bonchev–Trinajstić information content (AvgIpc) is 2.54. The third kappa shape index (κ3) is 8.79. The molecule has 0 spiro atoms. The topological polar surface area (TPSA) is 34.6 Å². The van der Waals surface area contributed by atoms with Crippen molar-refractivity contribution >= 4 is 28.2 Å². The molecule has 7 heteroatoms. The Labute approximate surface area is 186 Å². The second-order valence-electron chi connectivity index (χ2n) is 11.0. The largest absolute Gasteiger partial charge is 0.416 e. The summed E-state index contributed by atoms with van der Waals surface area (Å²) in [4.78, 5) is 6.63. The third-order valence-corrected chi connectivity index (χ3v) is 15.8. The molecule has 1 aromatic rings. The van der Waals surface area contributed by atoms with Gasteiger partial charge in [0.2, 0.25) is 0 Å². The number of hydrogen-bond acceptors (Lipinski definition) is 4. The van der Waals surface area contributed by atoms with Crippen LogP contribution < -0.4 is 0 Å². The van der Waals surface area contributed by atoms with Gasteiger partial charge in [0, 0.05) is 39.0 Å². The Morgan fingerprint density at radius 2 is 1.31 bits per heavy atom. The van der Waals surface area contributed by atoms with Gasteiger partial charge < -0.3 is 8.85 Å². The lowest BCUT2D eigenvalue weighted by molar-refractivity contribution is 0.159. The monoisotopic (exact) mass is 458 g/mol. The number of rotatable bonds is 10. The highest BCUT2D eigenvalue weighted by molar-refractivity contribution is 6.74. The Hall–Kier alpha value is -0.246. The van der Waals surface area contributed by atoms with Gasteiger partial charge in [0.1, 0.15) is 5.15 Å². The predicted octanol–water partition coefficient (Wildman–Crippen LogP) is 6.58. The van der Waals surface area contributed by atoms with Crippen molar-refractivity contribution in [2.45, 2.75) is 84.4 Å². The summed E-state index contributed by atoms with van der Waals surface area (Å²) >= 11 is 5.95. The van der Waals surface area contributed by atoms with E-state index in [0.717, 1.165) is 38.4 Å². The molecule has 0 aliphatic carbocycles. The van der Waals surface area contributed by atoms with Crippen molar-refractivity contribution in [1.82, 2.24) is 9.88 Å². The molecule has 0 fully saturated rings. The lowest BCUT2D eigenvalue weighted by atomic mass is 10.2. The van der Waals surface area contributed by atoms with Crippen LogP contribution in [0.1, 0.15) is 47.1 Å². The average molecular weight is 459 g/mol. The van der Waals surface area contributed by atoms with E-state index in [4.69, 9.17) is 20.5 Å². The molecule has 1 aromatic heterocycles. The van der Waals surface area contributed by atoms with E-state index in [9.17, 15) is 0 Å². The van der Waals surface area contributed by atoms with Gasteiger partial charge in [-0.2, -0.15) is 0 Å². The summed E-state index contributed by atoms with van der Waals surface area (Å²) in [5, 5.41) is 0.982. The minimum atomic E-state index is -1.74. The van der Waals surface area contributed by atoms with Gasteiger partial charge in [-0.3, -0.25) is 4.90 Å². The highest BCUT2D eigenvalue weighted by atomic mass is 35.5. The third-order valence-electron chi connectivity index (χ3n) is 6.55. The molecular formula is C22H43ClN2O2Si2. The molecule has 4 nitrogen and oxygen atoms in total. The second kappa shape index (κ2) is 10.4. The van der Waals surface area contributed by atoms with E-state index < -0.39 is 16.6 Å². The number of aromatic nitrogens is 1. The quantitative estimate of drug-likeness (QED) is 0.293. The molecule has 168 valence electrons. The van der Waals surface area contributed by atoms with E-state index >= 15 is 0 Å². The number of nitrogens with zero attached hydrogens (tertiary/aromatic N) is 2. The van der Waals surface area contributed by atoms with Gasteiger partial charge >= 0.3 is 0 Å². The molecule has 0 unspecified atom stereocenters. The zero-order chi connectivity index (χ0) is 22.5. The fourth-order valence-corrected chi connectivity index (χ4v) is 4.50. The summed E-state index contributed by atoms with van der Waals surface area (Å²) < 4.78 is 12.8. The normalized spacial score (nSPS) is 13.9. The van der Waals surface area contributed by atoms with Crippen LogP contribution in [0.3, 0.4) is 0 Å². The van der Waals surface area contributed by atoms with Gasteiger partial charge in [-0.15, -0.1) is 0 Å². The van der Waals surface area contributed by atoms with Crippen LogP contribution >= 0.6 is 11.6 Å². The molecule has 0 aromatic carbocycles. The highest BCUT2D eigenvalue weighted by Crippen LogP contribution is 2.37. The second-order valence-corrected chi connectivity index (χ2v) is 21.0. The zero-order valence-corrected chi connectivity index (χ0v) is 23.1. The molecule has 0 saturated carbocycles. The summed E-state index contributed by atoms with van der Waals surface area (Å²) in [6.45, 7) is 27.0. The molecule has 0 atom stereocenters. The first-order chi connectivity index (χ1) is 13.1. The fourth-order valence-electron chi connectivity index (χ4n) is 2.32. The standard InChI is InChI=1S/C22H43ClN2O2Si2/c1-21(2,3)28(7,8)26-15-13-25(18-19-11-12-20(23)24-17-19)14-16-27-29(9,10)22(4,5)6/h11-12,17H,13-16,18H2,1-10H3. The van der Waals surface area contributed by atoms with Crippen molar-refractivity contribution in [3.8, 4) is 0 Å². The van der Waals surface area contributed by atoms with E-state index in [0.29, 0.717) is 5.15 Å². The molecule has 1 rings (SSSR count). The Morgan fingerprint density at radius 1 is 0.862 bits per heavy atom. The first-order valence-corrected chi connectivity index (χ1v) is 16.9. The van der Waals surface area contributed by atoms with Gasteiger partial charge in [-0.05, 0) is 47.9 Å². The molecule has 29 heavy (non-hydrogen) atoms. The van der Waals surface area contributed by atoms with Crippen LogP contribution in [0.4, 0.5) is 0 Å². The number of pyridine rings is 1. The molecule has 1 heterocycles. The van der Waals surface area contributed by atoms with Crippen molar-refractivity contribution in [1.29, 1.82) is 0 Å². The van der Waals surface area contributed by atoms with E-state index in [2.05, 4.69) is 77.6 Å².